The number of hydrogen-bond acceptors (Lipinski definition) is 4. The lowest BCUT2D eigenvalue weighted by Gasteiger charge is -2.37. The fraction of sp³-hybridized carbons (Fsp3) is 0.500. The van der Waals surface area contributed by atoms with Gasteiger partial charge in [-0.3, -0.25) is 4.79 Å². The van der Waals surface area contributed by atoms with E-state index in [-0.39, 0.29) is 16.7 Å². The van der Waals surface area contributed by atoms with Crippen LogP contribution >= 0.6 is 11.6 Å². The van der Waals surface area contributed by atoms with Crippen LogP contribution in [-0.4, -0.2) is 62.8 Å². The highest BCUT2D eigenvalue weighted by molar-refractivity contribution is 7.89. The van der Waals surface area contributed by atoms with Gasteiger partial charge in [0.25, 0.3) is 0 Å². The van der Waals surface area contributed by atoms with Gasteiger partial charge in [0.1, 0.15) is 0 Å². The lowest BCUT2D eigenvalue weighted by atomic mass is 10.0. The maximum atomic E-state index is 12.5. The second kappa shape index (κ2) is 6.16. The number of carbonyl (C=O) groups is 1. The van der Waals surface area contributed by atoms with Crippen molar-refractivity contribution in [2.45, 2.75) is 4.90 Å². The van der Waals surface area contributed by atoms with Gasteiger partial charge in [-0.25, -0.2) is 8.42 Å². The first-order chi connectivity index (χ1) is 10.5. The smallest absolute Gasteiger partial charge is 0.243 e. The third-order valence-electron chi connectivity index (χ3n) is 4.13. The van der Waals surface area contributed by atoms with Gasteiger partial charge in [0.15, 0.2) is 0 Å². The number of hydrogen-bond donors (Lipinski definition) is 1. The topological polar surface area (TPSA) is 69.7 Å². The SMILES string of the molecule is O=C(C1CNC1)N1CCN(S(=O)(=O)c2ccc(Cl)cc2)CC1. The molecule has 1 N–H and O–H groups in total. The Bertz CT molecular complexity index is 650. The second-order valence-corrected chi connectivity index (χ2v) is 7.91. The van der Waals surface area contributed by atoms with Crippen molar-refractivity contribution < 1.29 is 13.2 Å². The van der Waals surface area contributed by atoms with E-state index in [1.54, 1.807) is 17.0 Å². The van der Waals surface area contributed by atoms with Crippen molar-refractivity contribution >= 4 is 27.5 Å². The first-order valence-electron chi connectivity index (χ1n) is 7.24. The van der Waals surface area contributed by atoms with E-state index in [9.17, 15) is 13.2 Å². The van der Waals surface area contributed by atoms with Gasteiger partial charge in [-0.15, -0.1) is 0 Å². The van der Waals surface area contributed by atoms with Crippen LogP contribution in [0.2, 0.25) is 5.02 Å². The molecule has 2 heterocycles. The standard InChI is InChI=1S/C14H18ClN3O3S/c15-12-1-3-13(4-2-12)22(20,21)18-7-5-17(6-8-18)14(19)11-9-16-10-11/h1-4,11,16H,5-10H2. The highest BCUT2D eigenvalue weighted by Crippen LogP contribution is 2.20. The van der Waals surface area contributed by atoms with Crippen molar-refractivity contribution in [2.24, 2.45) is 5.92 Å². The van der Waals surface area contributed by atoms with E-state index >= 15 is 0 Å². The highest BCUT2D eigenvalue weighted by Gasteiger charge is 2.34. The van der Waals surface area contributed by atoms with Crippen LogP contribution in [0, 0.1) is 5.92 Å². The molecule has 22 heavy (non-hydrogen) atoms. The Hall–Kier alpha value is -1.15. The van der Waals surface area contributed by atoms with E-state index in [1.165, 1.54) is 16.4 Å². The molecule has 2 fully saturated rings. The lowest BCUT2D eigenvalue weighted by molar-refractivity contribution is -0.138. The van der Waals surface area contributed by atoms with E-state index in [2.05, 4.69) is 5.32 Å². The number of nitrogens with zero attached hydrogens (tertiary/aromatic N) is 2. The van der Waals surface area contributed by atoms with Crippen molar-refractivity contribution in [1.82, 2.24) is 14.5 Å². The minimum Gasteiger partial charge on any atom is -0.340 e. The minimum absolute atomic E-state index is 0.0550. The monoisotopic (exact) mass is 343 g/mol. The third-order valence-corrected chi connectivity index (χ3v) is 6.30. The first kappa shape index (κ1) is 15.7. The predicted molar refractivity (Wildman–Crippen MR) is 83.2 cm³/mol. The highest BCUT2D eigenvalue weighted by atomic mass is 35.5. The summed E-state index contributed by atoms with van der Waals surface area (Å²) in [7, 11) is -3.52. The maximum Gasteiger partial charge on any atom is 0.243 e. The van der Waals surface area contributed by atoms with E-state index in [4.69, 9.17) is 11.6 Å². The number of halogens is 1. The van der Waals surface area contributed by atoms with Gasteiger partial charge >= 0.3 is 0 Å². The van der Waals surface area contributed by atoms with Crippen LogP contribution in [0.3, 0.4) is 0 Å². The predicted octanol–water partition coefficient (Wildman–Crippen LogP) is 0.392. The number of rotatable bonds is 3. The zero-order chi connectivity index (χ0) is 15.7. The van der Waals surface area contributed by atoms with Gasteiger partial charge in [-0.05, 0) is 24.3 Å². The molecular formula is C14H18ClN3O3S. The molecule has 0 bridgehead atoms. The number of sulfonamides is 1. The molecule has 8 heteroatoms. The third kappa shape index (κ3) is 2.99. The van der Waals surface area contributed by atoms with Crippen molar-refractivity contribution in [1.29, 1.82) is 0 Å². The number of nitrogens with one attached hydrogen (secondary N) is 1. The average molecular weight is 344 g/mol. The van der Waals surface area contributed by atoms with Gasteiger partial charge in [-0.2, -0.15) is 4.31 Å². The van der Waals surface area contributed by atoms with Crippen molar-refractivity contribution in [3.05, 3.63) is 29.3 Å². The molecular weight excluding hydrogens is 326 g/mol. The number of amides is 1. The van der Waals surface area contributed by atoms with Crippen LogP contribution in [-0.2, 0) is 14.8 Å². The maximum absolute atomic E-state index is 12.5. The number of piperazine rings is 1. The first-order valence-corrected chi connectivity index (χ1v) is 9.05. The molecule has 120 valence electrons. The zero-order valence-electron chi connectivity index (χ0n) is 12.0. The fourth-order valence-corrected chi connectivity index (χ4v) is 4.17. The van der Waals surface area contributed by atoms with Gasteiger partial charge in [-0.1, -0.05) is 11.6 Å². The Morgan fingerprint density at radius 2 is 1.68 bits per heavy atom. The van der Waals surface area contributed by atoms with Gasteiger partial charge in [0, 0.05) is 44.3 Å². The molecule has 2 aliphatic heterocycles. The van der Waals surface area contributed by atoms with Gasteiger partial charge < -0.3 is 10.2 Å². The molecule has 2 saturated heterocycles. The Morgan fingerprint density at radius 3 is 2.18 bits per heavy atom. The molecule has 0 spiro atoms. The molecule has 0 radical (unpaired) electrons. The summed E-state index contributed by atoms with van der Waals surface area (Å²) in [5.41, 5.74) is 0. The summed E-state index contributed by atoms with van der Waals surface area (Å²) in [5.74, 6) is 0.182. The molecule has 1 aromatic rings. The summed E-state index contributed by atoms with van der Waals surface area (Å²) in [4.78, 5) is 14.1. The molecule has 1 amide bonds. The molecule has 0 unspecified atom stereocenters. The Kier molecular flexibility index (Phi) is 4.40. The van der Waals surface area contributed by atoms with Crippen LogP contribution in [0.5, 0.6) is 0 Å². The zero-order valence-corrected chi connectivity index (χ0v) is 13.6. The molecule has 2 aliphatic rings. The normalized spacial score (nSPS) is 20.7. The largest absolute Gasteiger partial charge is 0.340 e. The number of carbonyl (C=O) groups excluding carboxylic acids is 1. The van der Waals surface area contributed by atoms with Crippen molar-refractivity contribution in [3.8, 4) is 0 Å². The van der Waals surface area contributed by atoms with E-state index in [1.807, 2.05) is 0 Å². The van der Waals surface area contributed by atoms with E-state index in [0.29, 0.717) is 31.2 Å². The number of benzene rings is 1. The van der Waals surface area contributed by atoms with Crippen LogP contribution in [0.25, 0.3) is 0 Å². The summed E-state index contributed by atoms with van der Waals surface area (Å²) < 4.78 is 26.5. The van der Waals surface area contributed by atoms with Crippen LogP contribution in [0.1, 0.15) is 0 Å². The molecule has 0 aliphatic carbocycles. The molecule has 0 aromatic heterocycles. The second-order valence-electron chi connectivity index (χ2n) is 5.54. The molecule has 0 atom stereocenters. The summed E-state index contributed by atoms with van der Waals surface area (Å²) in [5, 5.41) is 3.58. The summed E-state index contributed by atoms with van der Waals surface area (Å²) >= 11 is 5.79. The molecule has 1 aromatic carbocycles. The Balaban J connectivity index is 1.65. The van der Waals surface area contributed by atoms with Crippen molar-refractivity contribution in [2.75, 3.05) is 39.3 Å². The van der Waals surface area contributed by atoms with E-state index in [0.717, 1.165) is 13.1 Å². The Labute approximate surface area is 135 Å². The summed E-state index contributed by atoms with van der Waals surface area (Å²) in [6.07, 6.45) is 0. The average Bonchev–Trinajstić information content (AvgIpc) is 2.46. The molecule has 6 nitrogen and oxygen atoms in total. The Morgan fingerprint density at radius 1 is 1.09 bits per heavy atom. The minimum atomic E-state index is -3.52. The summed E-state index contributed by atoms with van der Waals surface area (Å²) in [6, 6.07) is 6.15. The van der Waals surface area contributed by atoms with Crippen LogP contribution in [0.4, 0.5) is 0 Å². The summed E-state index contributed by atoms with van der Waals surface area (Å²) in [6.45, 7) is 3.00. The fourth-order valence-electron chi connectivity index (χ4n) is 2.63. The molecule has 0 saturated carbocycles. The van der Waals surface area contributed by atoms with Crippen molar-refractivity contribution in [3.63, 3.8) is 0 Å². The van der Waals surface area contributed by atoms with E-state index < -0.39 is 10.0 Å². The van der Waals surface area contributed by atoms with Crippen LogP contribution < -0.4 is 5.32 Å². The molecule has 3 rings (SSSR count). The van der Waals surface area contributed by atoms with Gasteiger partial charge in [0.2, 0.25) is 15.9 Å². The van der Waals surface area contributed by atoms with Gasteiger partial charge in [0.05, 0.1) is 10.8 Å². The van der Waals surface area contributed by atoms with Crippen LogP contribution in [0.15, 0.2) is 29.2 Å². The lowest BCUT2D eigenvalue weighted by Crippen LogP contribution is -2.57. The quantitative estimate of drug-likeness (QED) is 0.862.